The molecule has 1 N–H and O–H groups in total. The monoisotopic (exact) mass is 298 g/mol. The summed E-state index contributed by atoms with van der Waals surface area (Å²) in [5, 5.41) is 10.7. The van der Waals surface area contributed by atoms with Crippen molar-refractivity contribution in [2.24, 2.45) is 0 Å². The molecule has 100 valence electrons. The van der Waals surface area contributed by atoms with E-state index in [-0.39, 0.29) is 5.02 Å². The van der Waals surface area contributed by atoms with Gasteiger partial charge in [0, 0.05) is 17.0 Å². The highest BCUT2D eigenvalue weighted by atomic mass is 35.5. The van der Waals surface area contributed by atoms with Crippen molar-refractivity contribution >= 4 is 23.2 Å². The number of aliphatic hydroxyl groups is 1. The average Bonchev–Trinajstić information content (AvgIpc) is 2.36. The van der Waals surface area contributed by atoms with Gasteiger partial charge in [0.25, 0.3) is 0 Å². The van der Waals surface area contributed by atoms with Crippen LogP contribution >= 0.6 is 23.2 Å². The zero-order valence-corrected chi connectivity index (χ0v) is 11.8. The molecule has 0 fully saturated rings. The fourth-order valence-corrected chi connectivity index (χ4v) is 2.48. The van der Waals surface area contributed by atoms with E-state index in [1.165, 1.54) is 12.1 Å². The molecule has 0 aliphatic rings. The Hall–Kier alpha value is -1.09. The van der Waals surface area contributed by atoms with Gasteiger partial charge in [-0.25, -0.2) is 4.39 Å². The zero-order chi connectivity index (χ0) is 14.0. The van der Waals surface area contributed by atoms with E-state index in [1.807, 2.05) is 25.1 Å². The first-order valence-corrected chi connectivity index (χ1v) is 6.61. The Morgan fingerprint density at radius 2 is 1.95 bits per heavy atom. The standard InChI is InChI=1S/C15H13Cl2FO/c1-9-5-6-10(12(16)7-9)8-14(19)11-3-2-4-13(18)15(11)17/h2-7,14,19H,8H2,1H3. The van der Waals surface area contributed by atoms with Crippen LogP contribution in [0.15, 0.2) is 36.4 Å². The van der Waals surface area contributed by atoms with Crippen LogP contribution in [0.4, 0.5) is 4.39 Å². The lowest BCUT2D eigenvalue weighted by molar-refractivity contribution is 0.178. The van der Waals surface area contributed by atoms with Crippen molar-refractivity contribution in [1.82, 2.24) is 0 Å². The highest BCUT2D eigenvalue weighted by Crippen LogP contribution is 2.29. The molecular formula is C15H13Cl2FO. The molecule has 2 aromatic rings. The third-order valence-electron chi connectivity index (χ3n) is 2.96. The van der Waals surface area contributed by atoms with Crippen LogP contribution in [-0.2, 0) is 6.42 Å². The summed E-state index contributed by atoms with van der Waals surface area (Å²) in [6, 6.07) is 10.00. The van der Waals surface area contributed by atoms with Crippen LogP contribution in [-0.4, -0.2) is 5.11 Å². The van der Waals surface area contributed by atoms with Crippen LogP contribution in [0.25, 0.3) is 0 Å². The summed E-state index contributed by atoms with van der Waals surface area (Å²) in [5.41, 5.74) is 2.23. The van der Waals surface area contributed by atoms with Gasteiger partial charge in [-0.15, -0.1) is 0 Å². The van der Waals surface area contributed by atoms with Crippen LogP contribution in [0.3, 0.4) is 0 Å². The first-order chi connectivity index (χ1) is 8.99. The van der Waals surface area contributed by atoms with Gasteiger partial charge >= 0.3 is 0 Å². The van der Waals surface area contributed by atoms with Crippen molar-refractivity contribution in [3.8, 4) is 0 Å². The lowest BCUT2D eigenvalue weighted by atomic mass is 10.0. The molecule has 2 rings (SSSR count). The predicted octanol–water partition coefficient (Wildman–Crippen LogP) is 4.72. The largest absolute Gasteiger partial charge is 0.388 e. The van der Waals surface area contributed by atoms with Crippen molar-refractivity contribution in [2.75, 3.05) is 0 Å². The van der Waals surface area contributed by atoms with E-state index >= 15 is 0 Å². The molecule has 0 saturated heterocycles. The van der Waals surface area contributed by atoms with Crippen LogP contribution in [0.2, 0.25) is 10.0 Å². The van der Waals surface area contributed by atoms with Crippen molar-refractivity contribution in [3.63, 3.8) is 0 Å². The second-order valence-electron chi connectivity index (χ2n) is 4.46. The lowest BCUT2D eigenvalue weighted by Crippen LogP contribution is -2.04. The maximum atomic E-state index is 13.3. The molecular weight excluding hydrogens is 286 g/mol. The van der Waals surface area contributed by atoms with Gasteiger partial charge in [-0.3, -0.25) is 0 Å². The first kappa shape index (κ1) is 14.3. The van der Waals surface area contributed by atoms with Crippen LogP contribution in [0, 0.1) is 12.7 Å². The van der Waals surface area contributed by atoms with Gasteiger partial charge in [0.05, 0.1) is 11.1 Å². The minimum atomic E-state index is -0.886. The van der Waals surface area contributed by atoms with Gasteiger partial charge in [-0.05, 0) is 30.2 Å². The highest BCUT2D eigenvalue weighted by Gasteiger charge is 2.16. The molecule has 0 radical (unpaired) electrons. The third kappa shape index (κ3) is 3.27. The molecule has 1 unspecified atom stereocenters. The van der Waals surface area contributed by atoms with Crippen LogP contribution in [0.1, 0.15) is 22.8 Å². The number of benzene rings is 2. The third-order valence-corrected chi connectivity index (χ3v) is 3.71. The van der Waals surface area contributed by atoms with E-state index in [9.17, 15) is 9.50 Å². The summed E-state index contributed by atoms with van der Waals surface area (Å²) in [6.07, 6.45) is -0.592. The molecule has 0 spiro atoms. The fourth-order valence-electron chi connectivity index (χ4n) is 1.91. The topological polar surface area (TPSA) is 20.2 Å². The zero-order valence-electron chi connectivity index (χ0n) is 10.3. The second-order valence-corrected chi connectivity index (χ2v) is 5.24. The van der Waals surface area contributed by atoms with Gasteiger partial charge in [0.15, 0.2) is 0 Å². The Bertz CT molecular complexity index is 599. The lowest BCUT2D eigenvalue weighted by Gasteiger charge is -2.14. The molecule has 0 amide bonds. The molecule has 2 aromatic carbocycles. The maximum absolute atomic E-state index is 13.3. The average molecular weight is 299 g/mol. The Morgan fingerprint density at radius 3 is 2.63 bits per heavy atom. The van der Waals surface area contributed by atoms with Crippen molar-refractivity contribution in [1.29, 1.82) is 0 Å². The molecule has 0 aromatic heterocycles. The maximum Gasteiger partial charge on any atom is 0.142 e. The van der Waals surface area contributed by atoms with Gasteiger partial charge in [-0.2, -0.15) is 0 Å². The quantitative estimate of drug-likeness (QED) is 0.869. The van der Waals surface area contributed by atoms with Gasteiger partial charge < -0.3 is 5.11 Å². The summed E-state index contributed by atoms with van der Waals surface area (Å²) < 4.78 is 13.3. The Morgan fingerprint density at radius 1 is 1.21 bits per heavy atom. The minimum Gasteiger partial charge on any atom is -0.388 e. The number of halogens is 3. The number of aryl methyl sites for hydroxylation is 1. The van der Waals surface area contributed by atoms with Crippen LogP contribution < -0.4 is 0 Å². The molecule has 0 saturated carbocycles. The molecule has 19 heavy (non-hydrogen) atoms. The summed E-state index contributed by atoms with van der Waals surface area (Å²) in [7, 11) is 0. The van der Waals surface area contributed by atoms with E-state index in [2.05, 4.69) is 0 Å². The Balaban J connectivity index is 2.25. The summed E-state index contributed by atoms with van der Waals surface area (Å²) in [5.74, 6) is -0.534. The van der Waals surface area contributed by atoms with E-state index < -0.39 is 11.9 Å². The van der Waals surface area contributed by atoms with Crippen molar-refractivity contribution in [3.05, 3.63) is 69.0 Å². The molecule has 0 aliphatic carbocycles. The van der Waals surface area contributed by atoms with Gasteiger partial charge in [0.1, 0.15) is 5.82 Å². The SMILES string of the molecule is Cc1ccc(CC(O)c2cccc(F)c2Cl)c(Cl)c1. The van der Waals surface area contributed by atoms with E-state index in [0.29, 0.717) is 17.0 Å². The smallest absolute Gasteiger partial charge is 0.142 e. The minimum absolute atomic E-state index is 0.0433. The number of rotatable bonds is 3. The second kappa shape index (κ2) is 5.91. The van der Waals surface area contributed by atoms with Crippen molar-refractivity contribution in [2.45, 2.75) is 19.4 Å². The van der Waals surface area contributed by atoms with Gasteiger partial charge in [0.2, 0.25) is 0 Å². The summed E-state index contributed by atoms with van der Waals surface area (Å²) >= 11 is 12.0. The molecule has 0 aliphatic heterocycles. The summed E-state index contributed by atoms with van der Waals surface area (Å²) in [6.45, 7) is 1.94. The van der Waals surface area contributed by atoms with Crippen LogP contribution in [0.5, 0.6) is 0 Å². The number of hydrogen-bond donors (Lipinski definition) is 1. The highest BCUT2D eigenvalue weighted by molar-refractivity contribution is 6.32. The van der Waals surface area contributed by atoms with Gasteiger partial charge in [-0.1, -0.05) is 47.5 Å². The molecule has 4 heteroatoms. The fraction of sp³-hybridized carbons (Fsp3) is 0.200. The Labute approximate surface area is 121 Å². The molecule has 1 atom stereocenters. The van der Waals surface area contributed by atoms with E-state index in [0.717, 1.165) is 11.1 Å². The van der Waals surface area contributed by atoms with E-state index in [1.54, 1.807) is 6.07 Å². The van der Waals surface area contributed by atoms with Crippen molar-refractivity contribution < 1.29 is 9.50 Å². The predicted molar refractivity (Wildman–Crippen MR) is 76.3 cm³/mol. The molecule has 1 nitrogen and oxygen atoms in total. The molecule has 0 heterocycles. The number of aliphatic hydroxyl groups excluding tert-OH is 1. The normalized spacial score (nSPS) is 12.5. The number of hydrogen-bond acceptors (Lipinski definition) is 1. The first-order valence-electron chi connectivity index (χ1n) is 5.86. The van der Waals surface area contributed by atoms with E-state index in [4.69, 9.17) is 23.2 Å². The molecule has 0 bridgehead atoms. The summed E-state index contributed by atoms with van der Waals surface area (Å²) in [4.78, 5) is 0. The Kier molecular flexibility index (Phi) is 4.46.